The van der Waals surface area contributed by atoms with E-state index in [1.165, 1.54) is 10.4 Å². The summed E-state index contributed by atoms with van der Waals surface area (Å²) in [5.41, 5.74) is 2.25. The van der Waals surface area contributed by atoms with E-state index in [9.17, 15) is 0 Å². The smallest absolute Gasteiger partial charge is 0.107 e. The van der Waals surface area contributed by atoms with E-state index in [1.807, 2.05) is 25.4 Å². The van der Waals surface area contributed by atoms with Crippen molar-refractivity contribution < 1.29 is 0 Å². The highest BCUT2D eigenvalue weighted by Crippen LogP contribution is 2.25. The van der Waals surface area contributed by atoms with Gasteiger partial charge in [0.2, 0.25) is 0 Å². The van der Waals surface area contributed by atoms with Crippen LogP contribution in [0.1, 0.15) is 24.0 Å². The van der Waals surface area contributed by atoms with Crippen molar-refractivity contribution in [3.05, 3.63) is 35.2 Å². The summed E-state index contributed by atoms with van der Waals surface area (Å²) in [4.78, 5) is 9.85. The van der Waals surface area contributed by atoms with Gasteiger partial charge in [0.05, 0.1) is 4.88 Å². The lowest BCUT2D eigenvalue weighted by molar-refractivity contribution is 0.673. The van der Waals surface area contributed by atoms with E-state index in [1.54, 1.807) is 11.3 Å². The molecule has 2 aromatic rings. The maximum Gasteiger partial charge on any atom is 0.107 e. The summed E-state index contributed by atoms with van der Waals surface area (Å²) in [5.74, 6) is 0. The SMILES string of the molecule is CCCNCc1ncc(-c2ccnc(C)c2)s1. The summed E-state index contributed by atoms with van der Waals surface area (Å²) in [6.45, 7) is 6.08. The lowest BCUT2D eigenvalue weighted by Gasteiger charge is -1.98. The highest BCUT2D eigenvalue weighted by atomic mass is 32.1. The fourth-order valence-corrected chi connectivity index (χ4v) is 2.48. The first-order valence-corrected chi connectivity index (χ1v) is 6.69. The zero-order valence-electron chi connectivity index (χ0n) is 10.2. The molecule has 4 heteroatoms. The van der Waals surface area contributed by atoms with Crippen LogP contribution in [-0.2, 0) is 6.54 Å². The molecule has 90 valence electrons. The largest absolute Gasteiger partial charge is 0.310 e. The Kier molecular flexibility index (Phi) is 4.23. The standard InChI is InChI=1S/C13H17N3S/c1-3-5-14-9-13-16-8-12(17-13)11-4-6-15-10(2)7-11/h4,6-8,14H,3,5,9H2,1-2H3. The average Bonchev–Trinajstić information content (AvgIpc) is 2.78. The highest BCUT2D eigenvalue weighted by Gasteiger charge is 2.04. The van der Waals surface area contributed by atoms with Crippen molar-refractivity contribution in [2.24, 2.45) is 0 Å². The number of pyridine rings is 1. The molecular weight excluding hydrogens is 230 g/mol. The second-order valence-electron chi connectivity index (χ2n) is 3.98. The third-order valence-electron chi connectivity index (χ3n) is 2.44. The second-order valence-corrected chi connectivity index (χ2v) is 5.10. The van der Waals surface area contributed by atoms with E-state index in [-0.39, 0.29) is 0 Å². The molecule has 0 radical (unpaired) electrons. The van der Waals surface area contributed by atoms with Gasteiger partial charge in [-0.1, -0.05) is 6.92 Å². The summed E-state index contributed by atoms with van der Waals surface area (Å²) in [6, 6.07) is 4.13. The third kappa shape index (κ3) is 3.35. The van der Waals surface area contributed by atoms with E-state index in [4.69, 9.17) is 0 Å². The van der Waals surface area contributed by atoms with Crippen molar-refractivity contribution in [2.45, 2.75) is 26.8 Å². The summed E-state index contributed by atoms with van der Waals surface area (Å²) < 4.78 is 0. The molecule has 0 aliphatic carbocycles. The average molecular weight is 247 g/mol. The molecular formula is C13H17N3S. The van der Waals surface area contributed by atoms with Gasteiger partial charge in [-0.05, 0) is 37.6 Å². The molecule has 0 fully saturated rings. The Morgan fingerprint density at radius 2 is 2.24 bits per heavy atom. The minimum atomic E-state index is 0.864. The van der Waals surface area contributed by atoms with E-state index in [2.05, 4.69) is 28.3 Å². The molecule has 17 heavy (non-hydrogen) atoms. The quantitative estimate of drug-likeness (QED) is 0.825. The Labute approximate surface area is 106 Å². The summed E-state index contributed by atoms with van der Waals surface area (Å²) in [6.07, 6.45) is 4.95. The molecule has 0 unspecified atom stereocenters. The molecule has 0 amide bonds. The van der Waals surface area contributed by atoms with Crippen LogP contribution < -0.4 is 5.32 Å². The fraction of sp³-hybridized carbons (Fsp3) is 0.385. The van der Waals surface area contributed by atoms with E-state index in [0.29, 0.717) is 0 Å². The van der Waals surface area contributed by atoms with Gasteiger partial charge in [0.15, 0.2) is 0 Å². The van der Waals surface area contributed by atoms with Crippen LogP contribution in [0.2, 0.25) is 0 Å². The summed E-state index contributed by atoms with van der Waals surface area (Å²) in [7, 11) is 0. The van der Waals surface area contributed by atoms with Crippen LogP contribution in [0.4, 0.5) is 0 Å². The minimum Gasteiger partial charge on any atom is -0.310 e. The van der Waals surface area contributed by atoms with Gasteiger partial charge in [-0.3, -0.25) is 4.98 Å². The van der Waals surface area contributed by atoms with E-state index >= 15 is 0 Å². The molecule has 2 rings (SSSR count). The number of rotatable bonds is 5. The molecule has 1 N–H and O–H groups in total. The molecule has 3 nitrogen and oxygen atoms in total. The van der Waals surface area contributed by atoms with Crippen molar-refractivity contribution >= 4 is 11.3 Å². The van der Waals surface area contributed by atoms with Crippen molar-refractivity contribution in [3.8, 4) is 10.4 Å². The zero-order chi connectivity index (χ0) is 12.1. The van der Waals surface area contributed by atoms with Crippen molar-refractivity contribution in [1.82, 2.24) is 15.3 Å². The lowest BCUT2D eigenvalue weighted by atomic mass is 10.2. The van der Waals surface area contributed by atoms with Crippen molar-refractivity contribution in [3.63, 3.8) is 0 Å². The molecule has 0 aromatic carbocycles. The van der Waals surface area contributed by atoms with E-state index < -0.39 is 0 Å². The number of nitrogens with one attached hydrogen (secondary N) is 1. The number of hydrogen-bond donors (Lipinski definition) is 1. The summed E-state index contributed by atoms with van der Waals surface area (Å²) in [5, 5.41) is 4.50. The Bertz CT molecular complexity index is 479. The monoisotopic (exact) mass is 247 g/mol. The van der Waals surface area contributed by atoms with E-state index in [0.717, 1.165) is 30.2 Å². The van der Waals surface area contributed by atoms with Gasteiger partial charge < -0.3 is 5.32 Å². The third-order valence-corrected chi connectivity index (χ3v) is 3.48. The number of nitrogens with zero attached hydrogens (tertiary/aromatic N) is 2. The second kappa shape index (κ2) is 5.89. The van der Waals surface area contributed by atoms with Crippen LogP contribution in [0.15, 0.2) is 24.5 Å². The van der Waals surface area contributed by atoms with Crippen molar-refractivity contribution in [2.75, 3.05) is 6.54 Å². The lowest BCUT2D eigenvalue weighted by Crippen LogP contribution is -2.13. The van der Waals surface area contributed by atoms with Gasteiger partial charge in [-0.2, -0.15) is 0 Å². The van der Waals surface area contributed by atoms with Crippen LogP contribution in [0.3, 0.4) is 0 Å². The number of thiazole rings is 1. The number of hydrogen-bond acceptors (Lipinski definition) is 4. The van der Waals surface area contributed by atoms with Crippen LogP contribution in [0.25, 0.3) is 10.4 Å². The number of aryl methyl sites for hydroxylation is 1. The Morgan fingerprint density at radius 3 is 3.00 bits per heavy atom. The maximum absolute atomic E-state index is 4.43. The first kappa shape index (κ1) is 12.2. The van der Waals surface area contributed by atoms with Gasteiger partial charge >= 0.3 is 0 Å². The predicted molar refractivity (Wildman–Crippen MR) is 72.1 cm³/mol. The molecule has 2 heterocycles. The van der Waals surface area contributed by atoms with Gasteiger partial charge in [0, 0.05) is 24.6 Å². The Hall–Kier alpha value is -1.26. The minimum absolute atomic E-state index is 0.864. The normalized spacial score (nSPS) is 10.7. The topological polar surface area (TPSA) is 37.8 Å². The van der Waals surface area contributed by atoms with Gasteiger partial charge in [-0.15, -0.1) is 11.3 Å². The van der Waals surface area contributed by atoms with Crippen LogP contribution >= 0.6 is 11.3 Å². The highest BCUT2D eigenvalue weighted by molar-refractivity contribution is 7.15. The Balaban J connectivity index is 2.07. The van der Waals surface area contributed by atoms with Crippen LogP contribution in [-0.4, -0.2) is 16.5 Å². The predicted octanol–water partition coefficient (Wildman–Crippen LogP) is 3.01. The van der Waals surface area contributed by atoms with Gasteiger partial charge in [0.25, 0.3) is 0 Å². The molecule has 2 aromatic heterocycles. The molecule has 0 saturated carbocycles. The van der Waals surface area contributed by atoms with Crippen LogP contribution in [0.5, 0.6) is 0 Å². The Morgan fingerprint density at radius 1 is 1.35 bits per heavy atom. The molecule has 0 atom stereocenters. The maximum atomic E-state index is 4.43. The molecule has 0 spiro atoms. The van der Waals surface area contributed by atoms with Gasteiger partial charge in [-0.25, -0.2) is 4.98 Å². The van der Waals surface area contributed by atoms with Crippen molar-refractivity contribution in [1.29, 1.82) is 0 Å². The molecule has 0 bridgehead atoms. The number of aromatic nitrogens is 2. The fourth-order valence-electron chi connectivity index (χ4n) is 1.60. The first-order valence-electron chi connectivity index (χ1n) is 5.88. The molecule has 0 saturated heterocycles. The molecule has 0 aliphatic heterocycles. The van der Waals surface area contributed by atoms with Gasteiger partial charge in [0.1, 0.15) is 5.01 Å². The summed E-state index contributed by atoms with van der Waals surface area (Å²) >= 11 is 1.74. The zero-order valence-corrected chi connectivity index (χ0v) is 11.0. The van der Waals surface area contributed by atoms with Crippen LogP contribution in [0, 0.1) is 6.92 Å². The first-order chi connectivity index (χ1) is 8.29. The molecule has 0 aliphatic rings.